The van der Waals surface area contributed by atoms with Gasteiger partial charge in [-0.2, -0.15) is 0 Å². The zero-order chi connectivity index (χ0) is 8.15. The summed E-state index contributed by atoms with van der Waals surface area (Å²) in [5.74, 6) is 0.694. The molecule has 1 fully saturated rings. The summed E-state index contributed by atoms with van der Waals surface area (Å²) < 4.78 is 0. The first kappa shape index (κ1) is 9.92. The largest absolute Gasteiger partial charge is 0.316 e. The molecule has 0 spiro atoms. The lowest BCUT2D eigenvalue weighted by Crippen LogP contribution is -2.36. The van der Waals surface area contributed by atoms with Gasteiger partial charge in [0.2, 0.25) is 0 Å². The number of nitrogens with two attached hydrogens (primary N) is 1. The van der Waals surface area contributed by atoms with Gasteiger partial charge in [0, 0.05) is 0 Å². The lowest BCUT2D eigenvalue weighted by molar-refractivity contribution is 0.287. The summed E-state index contributed by atoms with van der Waals surface area (Å²) in [6, 6.07) is 0. The van der Waals surface area contributed by atoms with Crippen LogP contribution in [0.15, 0.2) is 0 Å². The Morgan fingerprint density at radius 3 is 2.00 bits per heavy atom. The van der Waals surface area contributed by atoms with Crippen molar-refractivity contribution in [3.8, 4) is 0 Å². The van der Waals surface area contributed by atoms with Crippen molar-refractivity contribution in [1.29, 1.82) is 0 Å². The van der Waals surface area contributed by atoms with Crippen LogP contribution in [-0.2, 0) is 0 Å². The van der Waals surface area contributed by atoms with Crippen LogP contribution < -0.4 is 5.73 Å². The summed E-state index contributed by atoms with van der Waals surface area (Å²) in [4.78, 5) is 2.20. The third kappa shape index (κ3) is 2.27. The normalized spacial score (nSPS) is 33.3. The Labute approximate surface area is 64.4 Å². The molecule has 0 radical (unpaired) electrons. The van der Waals surface area contributed by atoms with Gasteiger partial charge in [-0.05, 0) is 25.9 Å². The highest BCUT2D eigenvalue weighted by Crippen LogP contribution is 2.16. The maximum atomic E-state index is 5.75. The van der Waals surface area contributed by atoms with Crippen LogP contribution in [0.25, 0.3) is 0 Å². The van der Waals surface area contributed by atoms with Crippen molar-refractivity contribution in [3.05, 3.63) is 0 Å². The van der Waals surface area contributed by atoms with Crippen LogP contribution in [0.5, 0.6) is 0 Å². The Morgan fingerprint density at radius 2 is 1.90 bits per heavy atom. The molecule has 62 valence electrons. The minimum atomic E-state index is 0.315. The van der Waals surface area contributed by atoms with E-state index in [4.69, 9.17) is 5.73 Å². The SMILES string of the molecule is CC.CC1CCN(C)C1N. The predicted octanol–water partition coefficient (Wildman–Crippen LogP) is 1.27. The molecule has 2 N–H and O–H groups in total. The van der Waals surface area contributed by atoms with Crippen LogP contribution in [0.1, 0.15) is 27.2 Å². The van der Waals surface area contributed by atoms with Crippen LogP contribution in [0.3, 0.4) is 0 Å². The first-order valence-corrected chi connectivity index (χ1v) is 4.17. The monoisotopic (exact) mass is 144 g/mol. The van der Waals surface area contributed by atoms with Gasteiger partial charge >= 0.3 is 0 Å². The highest BCUT2D eigenvalue weighted by Gasteiger charge is 2.23. The molecule has 2 atom stereocenters. The molecule has 1 aliphatic rings. The van der Waals surface area contributed by atoms with Crippen LogP contribution in [0, 0.1) is 5.92 Å². The van der Waals surface area contributed by atoms with Crippen LogP contribution in [-0.4, -0.2) is 24.7 Å². The molecule has 0 aromatic heterocycles. The van der Waals surface area contributed by atoms with Crippen molar-refractivity contribution in [3.63, 3.8) is 0 Å². The van der Waals surface area contributed by atoms with E-state index < -0.39 is 0 Å². The van der Waals surface area contributed by atoms with Crippen molar-refractivity contribution in [2.45, 2.75) is 33.4 Å². The molecule has 2 heteroatoms. The Hall–Kier alpha value is -0.0800. The van der Waals surface area contributed by atoms with Gasteiger partial charge in [-0.25, -0.2) is 0 Å². The Kier molecular flexibility index (Phi) is 4.65. The number of nitrogens with zero attached hydrogens (tertiary/aromatic N) is 1. The lowest BCUT2D eigenvalue weighted by Gasteiger charge is -2.16. The molecule has 0 bridgehead atoms. The molecule has 2 nitrogen and oxygen atoms in total. The molecule has 1 heterocycles. The first-order valence-electron chi connectivity index (χ1n) is 4.17. The minimum absolute atomic E-state index is 0.315. The van der Waals surface area contributed by atoms with E-state index in [-0.39, 0.29) is 0 Å². The maximum Gasteiger partial charge on any atom is 0.0596 e. The summed E-state index contributed by atoms with van der Waals surface area (Å²) in [5.41, 5.74) is 5.75. The zero-order valence-electron chi connectivity index (χ0n) is 7.59. The minimum Gasteiger partial charge on any atom is -0.316 e. The van der Waals surface area contributed by atoms with E-state index in [1.165, 1.54) is 13.0 Å². The quantitative estimate of drug-likeness (QED) is 0.554. The second-order valence-corrected chi connectivity index (χ2v) is 2.74. The molecule has 1 rings (SSSR count). The summed E-state index contributed by atoms with van der Waals surface area (Å²) in [6.45, 7) is 7.37. The van der Waals surface area contributed by atoms with Crippen LogP contribution in [0.4, 0.5) is 0 Å². The predicted molar refractivity (Wildman–Crippen MR) is 45.7 cm³/mol. The molecule has 1 saturated heterocycles. The van der Waals surface area contributed by atoms with Crippen LogP contribution in [0.2, 0.25) is 0 Å². The van der Waals surface area contributed by atoms with Gasteiger partial charge in [0.1, 0.15) is 0 Å². The molecular weight excluding hydrogens is 124 g/mol. The van der Waals surface area contributed by atoms with Crippen molar-refractivity contribution in [1.82, 2.24) is 4.90 Å². The molecule has 10 heavy (non-hydrogen) atoms. The first-order chi connectivity index (χ1) is 4.72. The summed E-state index contributed by atoms with van der Waals surface area (Å²) in [6.07, 6.45) is 1.58. The molecule has 0 amide bonds. The third-order valence-corrected chi connectivity index (χ3v) is 2.03. The number of hydrogen-bond acceptors (Lipinski definition) is 2. The smallest absolute Gasteiger partial charge is 0.0596 e. The summed E-state index contributed by atoms with van der Waals surface area (Å²) in [5, 5.41) is 0. The van der Waals surface area contributed by atoms with E-state index in [1.807, 2.05) is 13.8 Å². The molecule has 1 aliphatic heterocycles. The van der Waals surface area contributed by atoms with Gasteiger partial charge in [-0.3, -0.25) is 4.90 Å². The molecule has 0 aliphatic carbocycles. The van der Waals surface area contributed by atoms with Gasteiger partial charge in [0.15, 0.2) is 0 Å². The van der Waals surface area contributed by atoms with E-state index in [0.29, 0.717) is 12.1 Å². The fourth-order valence-electron chi connectivity index (χ4n) is 1.16. The van der Waals surface area contributed by atoms with Crippen molar-refractivity contribution in [2.24, 2.45) is 11.7 Å². The summed E-state index contributed by atoms with van der Waals surface area (Å²) >= 11 is 0. The fraction of sp³-hybridized carbons (Fsp3) is 1.00. The van der Waals surface area contributed by atoms with Gasteiger partial charge in [0.25, 0.3) is 0 Å². The second kappa shape index (κ2) is 4.69. The average Bonchev–Trinajstić information content (AvgIpc) is 2.25. The average molecular weight is 144 g/mol. The Bertz CT molecular complexity index is 73.3. The molecular formula is C8H20N2. The molecule has 0 aromatic carbocycles. The van der Waals surface area contributed by atoms with Crippen LogP contribution >= 0.6 is 0 Å². The van der Waals surface area contributed by atoms with E-state index in [2.05, 4.69) is 18.9 Å². The summed E-state index contributed by atoms with van der Waals surface area (Å²) in [7, 11) is 2.08. The van der Waals surface area contributed by atoms with Gasteiger partial charge < -0.3 is 5.73 Å². The fourth-order valence-corrected chi connectivity index (χ4v) is 1.16. The maximum absolute atomic E-state index is 5.75. The Balaban J connectivity index is 0.000000371. The topological polar surface area (TPSA) is 29.3 Å². The Morgan fingerprint density at radius 1 is 1.40 bits per heavy atom. The van der Waals surface area contributed by atoms with E-state index in [9.17, 15) is 0 Å². The van der Waals surface area contributed by atoms with Crippen molar-refractivity contribution >= 4 is 0 Å². The lowest BCUT2D eigenvalue weighted by atomic mass is 10.1. The number of hydrogen-bond donors (Lipinski definition) is 1. The second-order valence-electron chi connectivity index (χ2n) is 2.74. The van der Waals surface area contributed by atoms with Gasteiger partial charge in [0.05, 0.1) is 6.17 Å². The van der Waals surface area contributed by atoms with Gasteiger partial charge in [-0.1, -0.05) is 20.8 Å². The highest BCUT2D eigenvalue weighted by atomic mass is 15.2. The highest BCUT2D eigenvalue weighted by molar-refractivity contribution is 4.76. The molecule has 0 saturated carbocycles. The number of likely N-dealkylation sites (tertiary alicyclic amines) is 1. The molecule has 0 aromatic rings. The standard InChI is InChI=1S/C6H14N2.C2H6/c1-5-3-4-8(2)6(5)7;1-2/h5-6H,3-4,7H2,1-2H3;1-2H3. The van der Waals surface area contributed by atoms with E-state index >= 15 is 0 Å². The number of rotatable bonds is 0. The zero-order valence-corrected chi connectivity index (χ0v) is 7.59. The van der Waals surface area contributed by atoms with E-state index in [0.717, 1.165) is 0 Å². The van der Waals surface area contributed by atoms with Crippen molar-refractivity contribution < 1.29 is 0 Å². The third-order valence-electron chi connectivity index (χ3n) is 2.03. The van der Waals surface area contributed by atoms with Gasteiger partial charge in [-0.15, -0.1) is 0 Å². The van der Waals surface area contributed by atoms with Crippen molar-refractivity contribution in [2.75, 3.05) is 13.6 Å². The molecule has 2 unspecified atom stereocenters. The van der Waals surface area contributed by atoms with E-state index in [1.54, 1.807) is 0 Å².